The van der Waals surface area contributed by atoms with Crippen molar-refractivity contribution in [2.24, 2.45) is 0 Å². The summed E-state index contributed by atoms with van der Waals surface area (Å²) in [6, 6.07) is 20.6. The summed E-state index contributed by atoms with van der Waals surface area (Å²) in [7, 11) is 0. The van der Waals surface area contributed by atoms with Crippen molar-refractivity contribution >= 4 is 51.9 Å². The highest BCUT2D eigenvalue weighted by Gasteiger charge is 2.31. The van der Waals surface area contributed by atoms with Gasteiger partial charge in [0, 0.05) is 28.0 Å². The van der Waals surface area contributed by atoms with Gasteiger partial charge in [-0.15, -0.1) is 0 Å². The van der Waals surface area contributed by atoms with Crippen molar-refractivity contribution < 1.29 is 4.92 Å². The van der Waals surface area contributed by atoms with Crippen LogP contribution in [0.25, 0.3) is 0 Å². The number of benzene rings is 3. The van der Waals surface area contributed by atoms with Gasteiger partial charge in [-0.2, -0.15) is 5.26 Å². The molecule has 1 unspecified atom stereocenters. The van der Waals surface area contributed by atoms with E-state index in [4.69, 9.17) is 23.2 Å². The fraction of sp³-hybridized carbons (Fsp3) is 0.148. The Kier molecular flexibility index (Phi) is 6.66. The lowest BCUT2D eigenvalue weighted by atomic mass is 9.91. The largest absolute Gasteiger partial charge is 0.354 e. The summed E-state index contributed by atoms with van der Waals surface area (Å²) in [5, 5.41) is 26.1. The summed E-state index contributed by atoms with van der Waals surface area (Å²) in [5.41, 5.74) is 4.44. The van der Waals surface area contributed by atoms with Gasteiger partial charge in [0.05, 0.1) is 16.9 Å². The number of hydrogen-bond acceptors (Lipinski definition) is 7. The summed E-state index contributed by atoms with van der Waals surface area (Å²) in [6.45, 7) is 2.42. The van der Waals surface area contributed by atoms with Crippen LogP contribution in [0.4, 0.5) is 28.7 Å². The summed E-state index contributed by atoms with van der Waals surface area (Å²) in [4.78, 5) is 22.0. The van der Waals surface area contributed by atoms with Crippen LogP contribution in [0.15, 0.2) is 67.0 Å². The van der Waals surface area contributed by atoms with Gasteiger partial charge in [-0.25, -0.2) is 9.97 Å². The topological polar surface area (TPSA) is 108 Å². The average Bonchev–Trinajstić information content (AvgIpc) is 3.32. The van der Waals surface area contributed by atoms with Crippen LogP contribution in [-0.4, -0.2) is 21.4 Å². The van der Waals surface area contributed by atoms with E-state index in [0.29, 0.717) is 27.8 Å². The minimum Gasteiger partial charge on any atom is -0.334 e. The second kappa shape index (κ2) is 10.1. The van der Waals surface area contributed by atoms with E-state index in [1.807, 2.05) is 36.1 Å². The highest BCUT2D eigenvalue weighted by atomic mass is 35.5. The van der Waals surface area contributed by atoms with Crippen molar-refractivity contribution in [3.8, 4) is 6.07 Å². The molecule has 0 spiro atoms. The number of fused-ring (bicyclic) bond motifs is 1. The van der Waals surface area contributed by atoms with Crippen LogP contribution in [0.3, 0.4) is 0 Å². The van der Waals surface area contributed by atoms with Gasteiger partial charge < -0.3 is 10.2 Å². The molecule has 0 aliphatic carbocycles. The van der Waals surface area contributed by atoms with Crippen LogP contribution in [-0.2, 0) is 6.42 Å². The number of halogens is 2. The Labute approximate surface area is 223 Å². The number of aromatic nitrogens is 2. The molecule has 8 nitrogen and oxygen atoms in total. The fourth-order valence-electron chi connectivity index (χ4n) is 4.55. The van der Waals surface area contributed by atoms with Crippen molar-refractivity contribution in [3.63, 3.8) is 0 Å². The molecule has 10 heteroatoms. The second-order valence-electron chi connectivity index (χ2n) is 8.61. The SMILES string of the molecule is Cc1cc(C(C#N)c2ccc(Cl)cc2)c(Cl)cc1Nc1ncnc(N2CCc3ccccc32)c1[N+](=O)[O-]. The Bertz CT molecular complexity index is 1550. The first-order chi connectivity index (χ1) is 17.9. The summed E-state index contributed by atoms with van der Waals surface area (Å²) in [6.07, 6.45) is 2.08. The molecule has 1 atom stereocenters. The van der Waals surface area contributed by atoms with E-state index in [9.17, 15) is 15.4 Å². The third-order valence-corrected chi connectivity index (χ3v) is 6.95. The molecule has 184 valence electrons. The van der Waals surface area contributed by atoms with Gasteiger partial charge in [-0.3, -0.25) is 10.1 Å². The van der Waals surface area contributed by atoms with Crippen LogP contribution < -0.4 is 10.2 Å². The average molecular weight is 531 g/mol. The number of rotatable bonds is 6. The van der Waals surface area contributed by atoms with E-state index in [1.165, 1.54) is 6.33 Å². The maximum Gasteiger partial charge on any atom is 0.354 e. The lowest BCUT2D eigenvalue weighted by Gasteiger charge is -2.20. The summed E-state index contributed by atoms with van der Waals surface area (Å²) in [5.74, 6) is -0.325. The molecule has 0 amide bonds. The van der Waals surface area contributed by atoms with Crippen molar-refractivity contribution in [1.82, 2.24) is 9.97 Å². The van der Waals surface area contributed by atoms with E-state index in [2.05, 4.69) is 21.4 Å². The van der Waals surface area contributed by atoms with Crippen molar-refractivity contribution in [1.29, 1.82) is 5.26 Å². The van der Waals surface area contributed by atoms with Crippen LogP contribution in [0, 0.1) is 28.4 Å². The second-order valence-corrected chi connectivity index (χ2v) is 9.45. The third kappa shape index (κ3) is 4.67. The van der Waals surface area contributed by atoms with Crippen LogP contribution in [0.2, 0.25) is 10.0 Å². The number of nitrogens with zero attached hydrogens (tertiary/aromatic N) is 5. The van der Waals surface area contributed by atoms with E-state index in [1.54, 1.807) is 36.4 Å². The van der Waals surface area contributed by atoms with Crippen molar-refractivity contribution in [2.75, 3.05) is 16.8 Å². The summed E-state index contributed by atoms with van der Waals surface area (Å²) >= 11 is 12.6. The van der Waals surface area contributed by atoms with Gasteiger partial charge in [0.1, 0.15) is 6.33 Å². The minimum absolute atomic E-state index is 0.0563. The fourth-order valence-corrected chi connectivity index (χ4v) is 4.95. The number of nitro groups is 1. The zero-order valence-electron chi connectivity index (χ0n) is 19.7. The Morgan fingerprint density at radius 3 is 2.62 bits per heavy atom. The van der Waals surface area contributed by atoms with Crippen LogP contribution >= 0.6 is 23.2 Å². The highest BCUT2D eigenvalue weighted by Crippen LogP contribution is 2.42. The Balaban J connectivity index is 1.51. The van der Waals surface area contributed by atoms with E-state index >= 15 is 0 Å². The summed E-state index contributed by atoms with van der Waals surface area (Å²) < 4.78 is 0. The lowest BCUT2D eigenvalue weighted by molar-refractivity contribution is -0.383. The maximum absolute atomic E-state index is 12.2. The number of nitrogens with one attached hydrogen (secondary N) is 1. The first-order valence-corrected chi connectivity index (χ1v) is 12.2. The van der Waals surface area contributed by atoms with Gasteiger partial charge in [0.25, 0.3) is 0 Å². The molecular weight excluding hydrogens is 511 g/mol. The molecule has 0 radical (unpaired) electrons. The smallest absolute Gasteiger partial charge is 0.334 e. The molecule has 1 aromatic heterocycles. The number of anilines is 4. The molecule has 0 saturated heterocycles. The number of para-hydroxylation sites is 1. The minimum atomic E-state index is -0.604. The third-order valence-electron chi connectivity index (χ3n) is 6.37. The van der Waals surface area contributed by atoms with Crippen LogP contribution in [0.1, 0.15) is 28.2 Å². The lowest BCUT2D eigenvalue weighted by Crippen LogP contribution is -2.17. The van der Waals surface area contributed by atoms with Crippen LogP contribution in [0.5, 0.6) is 0 Å². The molecule has 3 aromatic carbocycles. The van der Waals surface area contributed by atoms with E-state index in [0.717, 1.165) is 28.8 Å². The Hall–Kier alpha value is -4.19. The molecule has 0 saturated carbocycles. The zero-order chi connectivity index (χ0) is 26.1. The maximum atomic E-state index is 12.2. The molecule has 1 N–H and O–H groups in total. The van der Waals surface area contributed by atoms with Gasteiger partial charge in [0.15, 0.2) is 0 Å². The number of hydrogen-bond donors (Lipinski definition) is 1. The predicted octanol–water partition coefficient (Wildman–Crippen LogP) is 7.09. The molecule has 37 heavy (non-hydrogen) atoms. The monoisotopic (exact) mass is 530 g/mol. The first kappa shape index (κ1) is 24.5. The Morgan fingerprint density at radius 1 is 1.14 bits per heavy atom. The predicted molar refractivity (Wildman–Crippen MR) is 144 cm³/mol. The van der Waals surface area contributed by atoms with E-state index < -0.39 is 10.8 Å². The molecule has 1 aliphatic rings. The Morgan fingerprint density at radius 2 is 1.89 bits per heavy atom. The van der Waals surface area contributed by atoms with Crippen molar-refractivity contribution in [3.05, 3.63) is 109 Å². The quantitative estimate of drug-likeness (QED) is 0.209. The standard InChI is InChI=1S/C27H20Cl2N6O2/c1-16-12-20(21(14-30)17-6-8-19(28)9-7-17)22(29)13-23(16)33-26-25(35(36)37)27(32-15-31-26)34-11-10-18-4-2-3-5-24(18)34/h2-9,12-13,15,21H,10-11H2,1H3,(H,31,32,33). The molecule has 4 aromatic rings. The van der Waals surface area contributed by atoms with E-state index in [-0.39, 0.29) is 17.3 Å². The first-order valence-electron chi connectivity index (χ1n) is 11.4. The highest BCUT2D eigenvalue weighted by molar-refractivity contribution is 6.32. The van der Waals surface area contributed by atoms with Gasteiger partial charge in [-0.1, -0.05) is 59.6 Å². The number of aryl methyl sites for hydroxylation is 1. The molecule has 0 fully saturated rings. The molecule has 2 heterocycles. The van der Waals surface area contributed by atoms with Gasteiger partial charge in [0.2, 0.25) is 11.6 Å². The number of nitriles is 1. The molecule has 0 bridgehead atoms. The molecule has 1 aliphatic heterocycles. The zero-order valence-corrected chi connectivity index (χ0v) is 21.2. The molecule has 5 rings (SSSR count). The normalized spacial score (nSPS) is 13.1. The van der Waals surface area contributed by atoms with Gasteiger partial charge in [-0.05, 0) is 59.9 Å². The molecular formula is C27H20Cl2N6O2. The van der Waals surface area contributed by atoms with Crippen molar-refractivity contribution in [2.45, 2.75) is 19.3 Å². The van der Waals surface area contributed by atoms with Gasteiger partial charge >= 0.3 is 5.69 Å².